The van der Waals surface area contributed by atoms with E-state index < -0.39 is 0 Å². The summed E-state index contributed by atoms with van der Waals surface area (Å²) in [6, 6.07) is 5.70. The monoisotopic (exact) mass is 243 g/mol. The molecule has 0 amide bonds. The summed E-state index contributed by atoms with van der Waals surface area (Å²) < 4.78 is 11.2. The van der Waals surface area contributed by atoms with Crippen LogP contribution in [-0.4, -0.2) is 23.2 Å². The Balaban J connectivity index is 1.98. The summed E-state index contributed by atoms with van der Waals surface area (Å²) in [5.41, 5.74) is 7.00. The normalized spacial score (nSPS) is 14.0. The molecule has 3 rings (SSSR count). The van der Waals surface area contributed by atoms with E-state index >= 15 is 0 Å². The molecule has 0 radical (unpaired) electrons. The van der Waals surface area contributed by atoms with Crippen molar-refractivity contribution in [2.75, 3.05) is 18.9 Å². The van der Waals surface area contributed by atoms with Crippen LogP contribution in [0.25, 0.3) is 11.4 Å². The van der Waals surface area contributed by atoms with Gasteiger partial charge in [0.1, 0.15) is 0 Å². The largest absolute Gasteiger partial charge is 0.490 e. The number of hydrogen-bond acceptors (Lipinski definition) is 5. The maximum atomic E-state index is 5.63. The Morgan fingerprint density at radius 2 is 1.72 bits per heavy atom. The van der Waals surface area contributed by atoms with E-state index in [0.717, 1.165) is 23.5 Å². The predicted molar refractivity (Wildman–Crippen MR) is 67.5 cm³/mol. The first-order valence-electron chi connectivity index (χ1n) is 5.80. The number of fused-ring (bicyclic) bond motifs is 1. The Morgan fingerprint density at radius 3 is 2.50 bits per heavy atom. The van der Waals surface area contributed by atoms with E-state index in [1.54, 1.807) is 12.4 Å². The van der Waals surface area contributed by atoms with Gasteiger partial charge in [-0.25, -0.2) is 9.97 Å². The summed E-state index contributed by atoms with van der Waals surface area (Å²) in [6.45, 7) is 1.35. The Hall–Kier alpha value is -2.30. The van der Waals surface area contributed by atoms with Crippen molar-refractivity contribution in [1.29, 1.82) is 0 Å². The number of rotatable bonds is 1. The van der Waals surface area contributed by atoms with Crippen molar-refractivity contribution in [2.45, 2.75) is 6.42 Å². The van der Waals surface area contributed by atoms with Crippen molar-refractivity contribution < 1.29 is 9.47 Å². The molecule has 2 heterocycles. The average Bonchev–Trinajstić information content (AvgIpc) is 2.64. The quantitative estimate of drug-likeness (QED) is 0.828. The molecule has 0 unspecified atom stereocenters. The second-order valence-electron chi connectivity index (χ2n) is 4.05. The van der Waals surface area contributed by atoms with E-state index in [0.29, 0.717) is 24.7 Å². The summed E-state index contributed by atoms with van der Waals surface area (Å²) in [4.78, 5) is 8.38. The van der Waals surface area contributed by atoms with Crippen LogP contribution in [0.5, 0.6) is 11.5 Å². The lowest BCUT2D eigenvalue weighted by molar-refractivity contribution is 0.297. The number of benzene rings is 1. The highest BCUT2D eigenvalue weighted by Gasteiger charge is 2.12. The molecular weight excluding hydrogens is 230 g/mol. The first kappa shape index (κ1) is 10.8. The van der Waals surface area contributed by atoms with E-state index in [1.165, 1.54) is 0 Å². The van der Waals surface area contributed by atoms with Crippen molar-refractivity contribution >= 4 is 5.69 Å². The lowest BCUT2D eigenvalue weighted by Gasteiger charge is -2.08. The van der Waals surface area contributed by atoms with Gasteiger partial charge in [-0.05, 0) is 18.2 Å². The minimum absolute atomic E-state index is 0.549. The van der Waals surface area contributed by atoms with Gasteiger partial charge in [0.25, 0.3) is 0 Å². The number of nitrogens with two attached hydrogens (primary N) is 1. The molecule has 0 aliphatic carbocycles. The van der Waals surface area contributed by atoms with Crippen molar-refractivity contribution in [3.63, 3.8) is 0 Å². The Labute approximate surface area is 105 Å². The molecule has 2 aromatic rings. The van der Waals surface area contributed by atoms with E-state index in [9.17, 15) is 0 Å². The number of aromatic nitrogens is 2. The van der Waals surface area contributed by atoms with Crippen LogP contribution in [0.2, 0.25) is 0 Å². The number of ether oxygens (including phenoxy) is 2. The highest BCUT2D eigenvalue weighted by atomic mass is 16.5. The van der Waals surface area contributed by atoms with Gasteiger partial charge < -0.3 is 15.2 Å². The molecule has 5 heteroatoms. The minimum atomic E-state index is 0.549. The van der Waals surface area contributed by atoms with Gasteiger partial charge in [0.2, 0.25) is 0 Å². The zero-order valence-corrected chi connectivity index (χ0v) is 9.80. The van der Waals surface area contributed by atoms with Crippen molar-refractivity contribution in [1.82, 2.24) is 9.97 Å². The molecular formula is C13H13N3O2. The predicted octanol–water partition coefficient (Wildman–Crippen LogP) is 1.89. The third kappa shape index (κ3) is 2.07. The Bertz CT molecular complexity index is 555. The molecule has 0 saturated carbocycles. The van der Waals surface area contributed by atoms with E-state index in [1.807, 2.05) is 18.2 Å². The molecule has 1 aliphatic rings. The van der Waals surface area contributed by atoms with Crippen LogP contribution in [0.1, 0.15) is 6.42 Å². The SMILES string of the molecule is Nc1cnc(-c2ccc3c(c2)OCCCO3)nc1. The second kappa shape index (κ2) is 4.52. The van der Waals surface area contributed by atoms with Crippen LogP contribution in [0.3, 0.4) is 0 Å². The lowest BCUT2D eigenvalue weighted by Crippen LogP contribution is -1.97. The maximum Gasteiger partial charge on any atom is 0.161 e. The highest BCUT2D eigenvalue weighted by molar-refractivity contribution is 5.61. The topological polar surface area (TPSA) is 70.3 Å². The molecule has 0 spiro atoms. The standard InChI is InChI=1S/C13H13N3O2/c14-10-7-15-13(16-8-10)9-2-3-11-12(6-9)18-5-1-4-17-11/h2-3,6-8H,1,4-5,14H2. The molecule has 1 aromatic heterocycles. The molecule has 92 valence electrons. The summed E-state index contributed by atoms with van der Waals surface area (Å²) in [7, 11) is 0. The van der Waals surface area contributed by atoms with Crippen molar-refractivity contribution in [3.8, 4) is 22.9 Å². The van der Waals surface area contributed by atoms with E-state index in [2.05, 4.69) is 9.97 Å². The zero-order chi connectivity index (χ0) is 12.4. The molecule has 5 nitrogen and oxygen atoms in total. The Kier molecular flexibility index (Phi) is 2.72. The fourth-order valence-corrected chi connectivity index (χ4v) is 1.79. The van der Waals surface area contributed by atoms with Gasteiger partial charge in [0.15, 0.2) is 17.3 Å². The first-order chi connectivity index (χ1) is 8.83. The van der Waals surface area contributed by atoms with Gasteiger partial charge in [-0.1, -0.05) is 0 Å². The van der Waals surface area contributed by atoms with Crippen molar-refractivity contribution in [2.24, 2.45) is 0 Å². The fraction of sp³-hybridized carbons (Fsp3) is 0.231. The Morgan fingerprint density at radius 1 is 1.00 bits per heavy atom. The molecule has 1 aliphatic heterocycles. The van der Waals surface area contributed by atoms with Crippen LogP contribution < -0.4 is 15.2 Å². The molecule has 2 N–H and O–H groups in total. The van der Waals surface area contributed by atoms with Crippen LogP contribution in [-0.2, 0) is 0 Å². The number of nitrogens with zero attached hydrogens (tertiary/aromatic N) is 2. The van der Waals surface area contributed by atoms with Gasteiger partial charge in [-0.15, -0.1) is 0 Å². The minimum Gasteiger partial charge on any atom is -0.490 e. The van der Waals surface area contributed by atoms with E-state index in [4.69, 9.17) is 15.2 Å². The highest BCUT2D eigenvalue weighted by Crippen LogP contribution is 2.33. The first-order valence-corrected chi connectivity index (χ1v) is 5.80. The molecule has 1 aromatic carbocycles. The summed E-state index contributed by atoms with van der Waals surface area (Å²) >= 11 is 0. The van der Waals surface area contributed by atoms with Gasteiger partial charge in [-0.2, -0.15) is 0 Å². The zero-order valence-electron chi connectivity index (χ0n) is 9.80. The number of anilines is 1. The molecule has 0 atom stereocenters. The van der Waals surface area contributed by atoms with Gasteiger partial charge in [0.05, 0.1) is 31.3 Å². The summed E-state index contributed by atoms with van der Waals surface area (Å²) in [5.74, 6) is 2.14. The third-order valence-electron chi connectivity index (χ3n) is 2.68. The molecule has 0 fully saturated rings. The molecule has 0 bridgehead atoms. The number of nitrogen functional groups attached to an aromatic ring is 1. The summed E-state index contributed by atoms with van der Waals surface area (Å²) in [5, 5.41) is 0. The van der Waals surface area contributed by atoms with Gasteiger partial charge >= 0.3 is 0 Å². The number of hydrogen-bond donors (Lipinski definition) is 1. The van der Waals surface area contributed by atoms with Crippen LogP contribution >= 0.6 is 0 Å². The molecule has 18 heavy (non-hydrogen) atoms. The van der Waals surface area contributed by atoms with E-state index in [-0.39, 0.29) is 0 Å². The van der Waals surface area contributed by atoms with Crippen LogP contribution in [0, 0.1) is 0 Å². The summed E-state index contributed by atoms with van der Waals surface area (Å²) in [6.07, 6.45) is 4.07. The second-order valence-corrected chi connectivity index (χ2v) is 4.05. The molecule has 0 saturated heterocycles. The van der Waals surface area contributed by atoms with Gasteiger partial charge in [0, 0.05) is 12.0 Å². The smallest absolute Gasteiger partial charge is 0.161 e. The maximum absolute atomic E-state index is 5.63. The third-order valence-corrected chi connectivity index (χ3v) is 2.68. The lowest BCUT2D eigenvalue weighted by atomic mass is 10.2. The fourth-order valence-electron chi connectivity index (χ4n) is 1.79. The average molecular weight is 243 g/mol. The van der Waals surface area contributed by atoms with Gasteiger partial charge in [-0.3, -0.25) is 0 Å². The van der Waals surface area contributed by atoms with Crippen LogP contribution in [0.4, 0.5) is 5.69 Å². The van der Waals surface area contributed by atoms with Crippen molar-refractivity contribution in [3.05, 3.63) is 30.6 Å². The van der Waals surface area contributed by atoms with Crippen LogP contribution in [0.15, 0.2) is 30.6 Å².